The monoisotopic (exact) mass is 285 g/mol. The summed E-state index contributed by atoms with van der Waals surface area (Å²) in [4.78, 5) is 22.5. The van der Waals surface area contributed by atoms with Crippen LogP contribution >= 0.6 is 0 Å². The van der Waals surface area contributed by atoms with E-state index in [4.69, 9.17) is 5.11 Å². The summed E-state index contributed by atoms with van der Waals surface area (Å²) in [5.41, 5.74) is 1.05. The molecule has 0 heterocycles. The number of sulfone groups is 1. The molecule has 0 spiro atoms. The number of carboxylic acids is 1. The van der Waals surface area contributed by atoms with Gasteiger partial charge in [0.2, 0.25) is 5.91 Å². The molecule has 0 aliphatic heterocycles. The van der Waals surface area contributed by atoms with E-state index in [2.05, 4.69) is 5.32 Å². The van der Waals surface area contributed by atoms with Crippen LogP contribution in [-0.2, 0) is 14.6 Å². The van der Waals surface area contributed by atoms with Gasteiger partial charge in [-0.1, -0.05) is 0 Å². The van der Waals surface area contributed by atoms with E-state index in [9.17, 15) is 18.0 Å². The van der Waals surface area contributed by atoms with Gasteiger partial charge < -0.3 is 10.4 Å². The van der Waals surface area contributed by atoms with Crippen LogP contribution in [0, 0.1) is 6.92 Å². The largest absolute Gasteiger partial charge is 0.478 e. The number of nitrogens with one attached hydrogen (secondary N) is 1. The lowest BCUT2D eigenvalue weighted by atomic mass is 10.1. The molecule has 0 aliphatic rings. The predicted molar refractivity (Wildman–Crippen MR) is 71.1 cm³/mol. The Kier molecular flexibility index (Phi) is 4.31. The number of hydrogen-bond donors (Lipinski definition) is 2. The van der Waals surface area contributed by atoms with Gasteiger partial charge in [0.1, 0.15) is 5.25 Å². The fourth-order valence-electron chi connectivity index (χ4n) is 1.37. The van der Waals surface area contributed by atoms with E-state index in [1.807, 2.05) is 0 Å². The van der Waals surface area contributed by atoms with E-state index < -0.39 is 27.0 Å². The number of rotatable bonds is 4. The number of carboxylic acid groups (broad SMARTS) is 1. The van der Waals surface area contributed by atoms with Crippen molar-refractivity contribution in [2.24, 2.45) is 0 Å². The van der Waals surface area contributed by atoms with Crippen LogP contribution in [0.25, 0.3) is 0 Å². The van der Waals surface area contributed by atoms with Crippen molar-refractivity contribution in [2.75, 3.05) is 11.6 Å². The summed E-state index contributed by atoms with van der Waals surface area (Å²) >= 11 is 0. The molecule has 1 unspecified atom stereocenters. The molecule has 6 nitrogen and oxygen atoms in total. The van der Waals surface area contributed by atoms with Crippen LogP contribution in [-0.4, -0.2) is 36.9 Å². The number of aromatic carboxylic acids is 1. The number of hydrogen-bond acceptors (Lipinski definition) is 4. The zero-order valence-corrected chi connectivity index (χ0v) is 11.6. The Morgan fingerprint density at radius 3 is 2.32 bits per heavy atom. The van der Waals surface area contributed by atoms with Crippen LogP contribution in [0.3, 0.4) is 0 Å². The average molecular weight is 285 g/mol. The molecule has 0 bridgehead atoms. The first-order valence-corrected chi connectivity index (χ1v) is 7.42. The molecular weight excluding hydrogens is 270 g/mol. The number of carbonyl (C=O) groups excluding carboxylic acids is 1. The van der Waals surface area contributed by atoms with Crippen molar-refractivity contribution in [3.63, 3.8) is 0 Å². The number of aryl methyl sites for hydroxylation is 1. The number of amides is 1. The quantitative estimate of drug-likeness (QED) is 0.861. The Bertz CT molecular complexity index is 621. The van der Waals surface area contributed by atoms with Gasteiger partial charge in [-0.15, -0.1) is 0 Å². The Labute approximate surface area is 111 Å². The van der Waals surface area contributed by atoms with Gasteiger partial charge in [-0.2, -0.15) is 0 Å². The molecule has 0 aliphatic carbocycles. The van der Waals surface area contributed by atoms with E-state index in [-0.39, 0.29) is 5.56 Å². The second kappa shape index (κ2) is 5.40. The second-order valence-electron chi connectivity index (χ2n) is 4.30. The van der Waals surface area contributed by atoms with Crippen LogP contribution in [0.5, 0.6) is 0 Å². The van der Waals surface area contributed by atoms with Crippen molar-refractivity contribution >= 4 is 27.4 Å². The number of carbonyl (C=O) groups is 2. The summed E-state index contributed by atoms with van der Waals surface area (Å²) in [7, 11) is -3.46. The highest BCUT2D eigenvalue weighted by Crippen LogP contribution is 2.17. The smallest absolute Gasteiger partial charge is 0.335 e. The maximum Gasteiger partial charge on any atom is 0.335 e. The van der Waals surface area contributed by atoms with Gasteiger partial charge in [-0.3, -0.25) is 4.79 Å². The predicted octanol–water partition coefficient (Wildman–Crippen LogP) is 1.06. The van der Waals surface area contributed by atoms with Gasteiger partial charge in [0.25, 0.3) is 0 Å². The van der Waals surface area contributed by atoms with Crippen LogP contribution in [0.2, 0.25) is 0 Å². The van der Waals surface area contributed by atoms with Gasteiger partial charge in [0, 0.05) is 11.9 Å². The summed E-state index contributed by atoms with van der Waals surface area (Å²) in [5.74, 6) is -1.71. The molecule has 1 rings (SSSR count). The van der Waals surface area contributed by atoms with Gasteiger partial charge >= 0.3 is 5.97 Å². The Morgan fingerprint density at radius 1 is 1.32 bits per heavy atom. The molecule has 0 radical (unpaired) electrons. The number of benzene rings is 1. The Hall–Kier alpha value is -1.89. The summed E-state index contributed by atoms with van der Waals surface area (Å²) in [6.07, 6.45) is 0.984. The molecule has 1 aromatic rings. The maximum atomic E-state index is 11.7. The molecular formula is C12H15NO5S. The molecule has 1 aromatic carbocycles. The molecule has 1 atom stereocenters. The molecule has 0 fully saturated rings. The lowest BCUT2D eigenvalue weighted by molar-refractivity contribution is -0.115. The first-order valence-electron chi connectivity index (χ1n) is 5.46. The van der Waals surface area contributed by atoms with Crippen molar-refractivity contribution in [1.29, 1.82) is 0 Å². The van der Waals surface area contributed by atoms with Crippen molar-refractivity contribution in [3.8, 4) is 0 Å². The minimum Gasteiger partial charge on any atom is -0.478 e. The second-order valence-corrected chi connectivity index (χ2v) is 6.66. The summed E-state index contributed by atoms with van der Waals surface area (Å²) in [5, 5.41) is 10.1. The molecule has 0 saturated heterocycles. The highest BCUT2D eigenvalue weighted by atomic mass is 32.2. The third-order valence-corrected chi connectivity index (χ3v) is 4.24. The fraction of sp³-hybridized carbons (Fsp3) is 0.333. The van der Waals surface area contributed by atoms with Crippen LogP contribution in [0.15, 0.2) is 18.2 Å². The third-order valence-electron chi connectivity index (χ3n) is 2.74. The topological polar surface area (TPSA) is 101 Å². The van der Waals surface area contributed by atoms with E-state index >= 15 is 0 Å². The standard InChI is InChI=1S/C12H15NO5S/c1-7-6-9(12(15)16)4-5-10(7)13-11(14)8(2)19(3,17)18/h4-6,8H,1-3H3,(H,13,14)(H,15,16). The minimum absolute atomic E-state index is 0.103. The van der Waals surface area contributed by atoms with E-state index in [1.165, 1.54) is 25.1 Å². The van der Waals surface area contributed by atoms with E-state index in [1.54, 1.807) is 6.92 Å². The summed E-state index contributed by atoms with van der Waals surface area (Å²) < 4.78 is 22.5. The summed E-state index contributed by atoms with van der Waals surface area (Å²) in [6.45, 7) is 2.93. The summed E-state index contributed by atoms with van der Waals surface area (Å²) in [6, 6.07) is 4.19. The van der Waals surface area contributed by atoms with Crippen LogP contribution in [0.1, 0.15) is 22.8 Å². The molecule has 2 N–H and O–H groups in total. The lowest BCUT2D eigenvalue weighted by Gasteiger charge is -2.12. The highest BCUT2D eigenvalue weighted by molar-refractivity contribution is 7.92. The molecule has 1 amide bonds. The van der Waals surface area contributed by atoms with Crippen molar-refractivity contribution in [2.45, 2.75) is 19.1 Å². The minimum atomic E-state index is -3.46. The van der Waals surface area contributed by atoms with Crippen molar-refractivity contribution in [3.05, 3.63) is 29.3 Å². The first-order chi connectivity index (χ1) is 8.62. The first kappa shape index (κ1) is 15.2. The van der Waals surface area contributed by atoms with E-state index in [0.717, 1.165) is 6.26 Å². The Morgan fingerprint density at radius 2 is 1.89 bits per heavy atom. The van der Waals surface area contributed by atoms with Gasteiger partial charge in [0.15, 0.2) is 9.84 Å². The van der Waals surface area contributed by atoms with Gasteiger partial charge in [-0.05, 0) is 37.6 Å². The SMILES string of the molecule is Cc1cc(C(=O)O)ccc1NC(=O)C(C)S(C)(=O)=O. The van der Waals surface area contributed by atoms with E-state index in [0.29, 0.717) is 11.3 Å². The molecule has 0 saturated carbocycles. The lowest BCUT2D eigenvalue weighted by Crippen LogP contribution is -2.32. The fourth-order valence-corrected chi connectivity index (χ4v) is 1.81. The molecule has 0 aromatic heterocycles. The molecule has 104 valence electrons. The maximum absolute atomic E-state index is 11.7. The molecule has 19 heavy (non-hydrogen) atoms. The highest BCUT2D eigenvalue weighted by Gasteiger charge is 2.23. The van der Waals surface area contributed by atoms with Crippen LogP contribution in [0.4, 0.5) is 5.69 Å². The zero-order valence-electron chi connectivity index (χ0n) is 10.8. The van der Waals surface area contributed by atoms with Gasteiger partial charge in [0.05, 0.1) is 5.56 Å². The molecule has 7 heteroatoms. The Balaban J connectivity index is 2.95. The average Bonchev–Trinajstić information content (AvgIpc) is 2.29. The third kappa shape index (κ3) is 3.78. The van der Waals surface area contributed by atoms with Crippen molar-refractivity contribution in [1.82, 2.24) is 0 Å². The van der Waals surface area contributed by atoms with Crippen molar-refractivity contribution < 1.29 is 23.1 Å². The zero-order chi connectivity index (χ0) is 14.8. The van der Waals surface area contributed by atoms with Gasteiger partial charge in [-0.25, -0.2) is 13.2 Å². The normalized spacial score (nSPS) is 12.8. The van der Waals surface area contributed by atoms with Crippen LogP contribution < -0.4 is 5.32 Å². The number of anilines is 1.